The van der Waals surface area contributed by atoms with Gasteiger partial charge in [-0.3, -0.25) is 4.79 Å². The zero-order valence-corrected chi connectivity index (χ0v) is 8.44. The molecule has 0 N–H and O–H groups in total. The second-order valence-electron chi connectivity index (χ2n) is 4.42. The van der Waals surface area contributed by atoms with Gasteiger partial charge >= 0.3 is 0 Å². The fourth-order valence-corrected chi connectivity index (χ4v) is 2.74. The van der Waals surface area contributed by atoms with Gasteiger partial charge in [0.15, 0.2) is 0 Å². The van der Waals surface area contributed by atoms with Crippen LogP contribution in [0.25, 0.3) is 0 Å². The van der Waals surface area contributed by atoms with Crippen molar-refractivity contribution >= 4 is 5.78 Å². The first kappa shape index (κ1) is 8.98. The van der Waals surface area contributed by atoms with Crippen molar-refractivity contribution < 1.29 is 4.79 Å². The number of Topliss-reactive ketones (excluding diaryl/α,β-unsaturated/α-hetero) is 1. The summed E-state index contributed by atoms with van der Waals surface area (Å²) in [6.45, 7) is 2.21. The Balaban J connectivity index is 2.14. The zero-order chi connectivity index (χ0) is 9.26. The molecule has 0 heterocycles. The Morgan fingerprint density at radius 3 is 2.54 bits per heavy atom. The van der Waals surface area contributed by atoms with Crippen LogP contribution < -0.4 is 0 Å². The minimum Gasteiger partial charge on any atom is -0.299 e. The van der Waals surface area contributed by atoms with Crippen molar-refractivity contribution in [1.82, 2.24) is 0 Å². The smallest absolute Gasteiger partial charge is 0.140 e. The van der Waals surface area contributed by atoms with Gasteiger partial charge in [-0.05, 0) is 39.0 Å². The molecule has 2 aliphatic carbocycles. The second kappa shape index (κ2) is 3.65. The van der Waals surface area contributed by atoms with E-state index in [0.717, 1.165) is 19.3 Å². The summed E-state index contributed by atoms with van der Waals surface area (Å²) in [6.07, 6.45) is 8.06. The van der Waals surface area contributed by atoms with Crippen LogP contribution in [0.1, 0.15) is 51.9 Å². The van der Waals surface area contributed by atoms with Crippen molar-refractivity contribution in [2.24, 2.45) is 5.92 Å². The number of rotatable bonds is 1. The fraction of sp³-hybridized carbons (Fsp3) is 0.750. The lowest BCUT2D eigenvalue weighted by Gasteiger charge is -2.22. The third-order valence-electron chi connectivity index (χ3n) is 3.52. The Bertz CT molecular complexity index is 250. The third-order valence-corrected chi connectivity index (χ3v) is 3.52. The van der Waals surface area contributed by atoms with Crippen LogP contribution in [0.3, 0.4) is 0 Å². The van der Waals surface area contributed by atoms with Crippen LogP contribution in [0.15, 0.2) is 11.1 Å². The van der Waals surface area contributed by atoms with Crippen LogP contribution in [0.2, 0.25) is 0 Å². The molecule has 0 amide bonds. The van der Waals surface area contributed by atoms with Crippen molar-refractivity contribution in [3.05, 3.63) is 11.1 Å². The lowest BCUT2D eigenvalue weighted by Crippen LogP contribution is -2.20. The van der Waals surface area contributed by atoms with Gasteiger partial charge in [0, 0.05) is 12.3 Å². The first-order valence-corrected chi connectivity index (χ1v) is 5.50. The molecule has 1 atom stereocenters. The highest BCUT2D eigenvalue weighted by molar-refractivity contribution is 5.84. The summed E-state index contributed by atoms with van der Waals surface area (Å²) < 4.78 is 0. The van der Waals surface area contributed by atoms with E-state index in [4.69, 9.17) is 0 Å². The Morgan fingerprint density at radius 1 is 1.08 bits per heavy atom. The molecule has 0 spiro atoms. The molecule has 1 heteroatoms. The van der Waals surface area contributed by atoms with E-state index in [1.807, 2.05) is 0 Å². The minimum atomic E-state index is 0.330. The molecular formula is C12H18O. The van der Waals surface area contributed by atoms with Crippen LogP contribution >= 0.6 is 0 Å². The molecule has 0 aliphatic heterocycles. The monoisotopic (exact) mass is 178 g/mol. The Kier molecular flexibility index (Phi) is 2.52. The van der Waals surface area contributed by atoms with E-state index in [1.54, 1.807) is 0 Å². The predicted molar refractivity (Wildman–Crippen MR) is 53.5 cm³/mol. The number of allylic oxidation sites excluding steroid dienone is 2. The molecule has 1 unspecified atom stereocenters. The first-order chi connectivity index (χ1) is 6.29. The summed E-state index contributed by atoms with van der Waals surface area (Å²) in [7, 11) is 0. The molecule has 0 aromatic rings. The van der Waals surface area contributed by atoms with Gasteiger partial charge in [-0.2, -0.15) is 0 Å². The van der Waals surface area contributed by atoms with Crippen molar-refractivity contribution in [3.8, 4) is 0 Å². The maximum atomic E-state index is 11.7. The number of hydrogen-bond donors (Lipinski definition) is 0. The maximum Gasteiger partial charge on any atom is 0.140 e. The molecule has 1 saturated carbocycles. The predicted octanol–water partition coefficient (Wildman–Crippen LogP) is 3.25. The van der Waals surface area contributed by atoms with Gasteiger partial charge < -0.3 is 0 Å². The number of hydrogen-bond acceptors (Lipinski definition) is 1. The van der Waals surface area contributed by atoms with Gasteiger partial charge in [0.2, 0.25) is 0 Å². The summed E-state index contributed by atoms with van der Waals surface area (Å²) >= 11 is 0. The molecule has 0 saturated heterocycles. The molecule has 13 heavy (non-hydrogen) atoms. The summed E-state index contributed by atoms with van der Waals surface area (Å²) in [5, 5.41) is 0. The van der Waals surface area contributed by atoms with Crippen molar-refractivity contribution in [2.75, 3.05) is 0 Å². The molecule has 0 aromatic carbocycles. The highest BCUT2D eigenvalue weighted by Gasteiger charge is 2.28. The summed E-state index contributed by atoms with van der Waals surface area (Å²) in [5.74, 6) is 0.846. The summed E-state index contributed by atoms with van der Waals surface area (Å²) in [5.41, 5.74) is 3.02. The molecule has 0 radical (unpaired) electrons. The molecule has 0 aromatic heterocycles. The van der Waals surface area contributed by atoms with Gasteiger partial charge in [-0.25, -0.2) is 0 Å². The van der Waals surface area contributed by atoms with Crippen LogP contribution in [-0.4, -0.2) is 5.78 Å². The van der Waals surface area contributed by atoms with Gasteiger partial charge in [-0.1, -0.05) is 17.6 Å². The normalized spacial score (nSPS) is 29.9. The average Bonchev–Trinajstić information content (AvgIpc) is 2.52. The van der Waals surface area contributed by atoms with Crippen LogP contribution in [0.5, 0.6) is 0 Å². The van der Waals surface area contributed by atoms with E-state index in [9.17, 15) is 4.79 Å². The van der Waals surface area contributed by atoms with Crippen LogP contribution in [-0.2, 0) is 4.79 Å². The van der Waals surface area contributed by atoms with Gasteiger partial charge in [-0.15, -0.1) is 0 Å². The van der Waals surface area contributed by atoms with Gasteiger partial charge in [0.1, 0.15) is 5.78 Å². The maximum absolute atomic E-state index is 11.7. The zero-order valence-electron chi connectivity index (χ0n) is 8.44. The highest BCUT2D eigenvalue weighted by atomic mass is 16.1. The van der Waals surface area contributed by atoms with Gasteiger partial charge in [0.05, 0.1) is 0 Å². The standard InChI is InChI=1S/C12H18O/c1-9-5-4-7-10(9)11-6-2-3-8-12(11)13/h11H,2-8H2,1H3. The Labute approximate surface area is 80.2 Å². The highest BCUT2D eigenvalue weighted by Crippen LogP contribution is 2.36. The van der Waals surface area contributed by atoms with E-state index < -0.39 is 0 Å². The topological polar surface area (TPSA) is 17.1 Å². The van der Waals surface area contributed by atoms with E-state index >= 15 is 0 Å². The summed E-state index contributed by atoms with van der Waals surface area (Å²) in [6, 6.07) is 0. The van der Waals surface area contributed by atoms with E-state index in [1.165, 1.54) is 36.8 Å². The lowest BCUT2D eigenvalue weighted by molar-refractivity contribution is -0.123. The first-order valence-electron chi connectivity index (χ1n) is 5.50. The quantitative estimate of drug-likeness (QED) is 0.563. The average molecular weight is 178 g/mol. The minimum absolute atomic E-state index is 0.330. The lowest BCUT2D eigenvalue weighted by atomic mass is 9.81. The molecule has 1 fully saturated rings. The van der Waals surface area contributed by atoms with Crippen molar-refractivity contribution in [2.45, 2.75) is 51.9 Å². The molecule has 1 nitrogen and oxygen atoms in total. The van der Waals surface area contributed by atoms with Crippen LogP contribution in [0, 0.1) is 5.92 Å². The van der Waals surface area contributed by atoms with Crippen molar-refractivity contribution in [3.63, 3.8) is 0 Å². The molecular weight excluding hydrogens is 160 g/mol. The molecule has 2 aliphatic rings. The molecule has 0 bridgehead atoms. The third kappa shape index (κ3) is 1.70. The molecule has 72 valence electrons. The van der Waals surface area contributed by atoms with E-state index in [-0.39, 0.29) is 0 Å². The fourth-order valence-electron chi connectivity index (χ4n) is 2.74. The Hall–Kier alpha value is -0.590. The number of ketones is 1. The van der Waals surface area contributed by atoms with Crippen LogP contribution in [0.4, 0.5) is 0 Å². The van der Waals surface area contributed by atoms with E-state index in [0.29, 0.717) is 11.7 Å². The summed E-state index contributed by atoms with van der Waals surface area (Å²) in [4.78, 5) is 11.7. The largest absolute Gasteiger partial charge is 0.299 e. The number of carbonyl (C=O) groups is 1. The number of carbonyl (C=O) groups excluding carboxylic acids is 1. The van der Waals surface area contributed by atoms with E-state index in [2.05, 4.69) is 6.92 Å². The SMILES string of the molecule is CC1=C(C2CCCCC2=O)CCC1. The second-order valence-corrected chi connectivity index (χ2v) is 4.42. The van der Waals surface area contributed by atoms with Gasteiger partial charge in [0.25, 0.3) is 0 Å². The van der Waals surface area contributed by atoms with Crippen molar-refractivity contribution in [1.29, 1.82) is 0 Å². The Morgan fingerprint density at radius 2 is 1.92 bits per heavy atom. The molecule has 2 rings (SSSR count).